The van der Waals surface area contributed by atoms with Crippen LogP contribution in [0, 0.1) is 12.7 Å². The Morgan fingerprint density at radius 3 is 2.65 bits per heavy atom. The van der Waals surface area contributed by atoms with Gasteiger partial charge in [0, 0.05) is 30.3 Å². The molecular formula is C24H21FN4OS. The van der Waals surface area contributed by atoms with Crippen LogP contribution in [0.2, 0.25) is 0 Å². The summed E-state index contributed by atoms with van der Waals surface area (Å²) in [5.74, 6) is 0.488. The van der Waals surface area contributed by atoms with Gasteiger partial charge in [-0.1, -0.05) is 30.3 Å². The summed E-state index contributed by atoms with van der Waals surface area (Å²) in [5, 5.41) is 3.51. The lowest BCUT2D eigenvalue weighted by atomic mass is 10.1. The topological polar surface area (TPSA) is 59.8 Å². The van der Waals surface area contributed by atoms with E-state index < -0.39 is 0 Å². The van der Waals surface area contributed by atoms with E-state index in [2.05, 4.69) is 21.1 Å². The predicted octanol–water partition coefficient (Wildman–Crippen LogP) is 5.71. The zero-order valence-electron chi connectivity index (χ0n) is 17.1. The van der Waals surface area contributed by atoms with Crippen LogP contribution in [0.4, 0.5) is 10.1 Å². The molecule has 0 fully saturated rings. The van der Waals surface area contributed by atoms with Gasteiger partial charge in [-0.2, -0.15) is 0 Å². The SMILES string of the molecule is Cc1nc(-c2ccccc2F)sc1C(=O)Nc1ccccc1-c1cn2c(n1)CCCC2. The van der Waals surface area contributed by atoms with E-state index in [1.807, 2.05) is 24.3 Å². The Morgan fingerprint density at radius 2 is 1.84 bits per heavy atom. The second-order valence-corrected chi connectivity index (χ2v) is 8.61. The Morgan fingerprint density at radius 1 is 1.06 bits per heavy atom. The third-order valence-corrected chi connectivity index (χ3v) is 6.66. The molecule has 4 aromatic rings. The van der Waals surface area contributed by atoms with Crippen LogP contribution in [-0.4, -0.2) is 20.4 Å². The van der Waals surface area contributed by atoms with Crippen LogP contribution in [0.15, 0.2) is 54.7 Å². The van der Waals surface area contributed by atoms with Gasteiger partial charge in [-0.25, -0.2) is 14.4 Å². The molecule has 3 heterocycles. The summed E-state index contributed by atoms with van der Waals surface area (Å²) in [4.78, 5) is 22.8. The number of hydrogen-bond donors (Lipinski definition) is 1. The lowest BCUT2D eigenvalue weighted by Crippen LogP contribution is -2.12. The number of fused-ring (bicyclic) bond motifs is 1. The Hall–Kier alpha value is -3.32. The van der Waals surface area contributed by atoms with E-state index in [-0.39, 0.29) is 11.7 Å². The Labute approximate surface area is 183 Å². The number of halogens is 1. The molecule has 0 spiro atoms. The highest BCUT2D eigenvalue weighted by Gasteiger charge is 2.20. The van der Waals surface area contributed by atoms with Gasteiger partial charge >= 0.3 is 0 Å². The summed E-state index contributed by atoms with van der Waals surface area (Å²) >= 11 is 1.19. The van der Waals surface area contributed by atoms with Gasteiger partial charge in [0.2, 0.25) is 0 Å². The Balaban J connectivity index is 1.44. The normalized spacial score (nSPS) is 13.1. The zero-order chi connectivity index (χ0) is 21.4. The molecule has 0 bridgehead atoms. The highest BCUT2D eigenvalue weighted by atomic mass is 32.1. The number of thiazole rings is 1. The average Bonchev–Trinajstić information content (AvgIpc) is 3.38. The third kappa shape index (κ3) is 3.77. The Kier molecular flexibility index (Phi) is 5.11. The second kappa shape index (κ2) is 8.07. The van der Waals surface area contributed by atoms with Crippen LogP contribution in [0.3, 0.4) is 0 Å². The molecule has 0 saturated carbocycles. The van der Waals surface area contributed by atoms with E-state index in [0.29, 0.717) is 26.8 Å². The third-order valence-electron chi connectivity index (χ3n) is 5.47. The minimum Gasteiger partial charge on any atom is -0.334 e. The minimum absolute atomic E-state index is 0.256. The number of aromatic nitrogens is 3. The van der Waals surface area contributed by atoms with Crippen LogP contribution < -0.4 is 5.32 Å². The number of aryl methyl sites for hydroxylation is 3. The van der Waals surface area contributed by atoms with Gasteiger partial charge < -0.3 is 9.88 Å². The van der Waals surface area contributed by atoms with Crippen molar-refractivity contribution in [1.29, 1.82) is 0 Å². The smallest absolute Gasteiger partial charge is 0.267 e. The number of amides is 1. The fraction of sp³-hybridized carbons (Fsp3) is 0.208. The van der Waals surface area contributed by atoms with E-state index >= 15 is 0 Å². The quantitative estimate of drug-likeness (QED) is 0.449. The summed E-state index contributed by atoms with van der Waals surface area (Å²) in [6.45, 7) is 2.75. The Bertz CT molecular complexity index is 1250. The number of imidazole rings is 1. The number of anilines is 1. The fourth-order valence-corrected chi connectivity index (χ4v) is 4.88. The van der Waals surface area contributed by atoms with Crippen molar-refractivity contribution in [3.63, 3.8) is 0 Å². The van der Waals surface area contributed by atoms with Gasteiger partial charge in [0.1, 0.15) is 21.5 Å². The molecule has 5 rings (SSSR count). The maximum atomic E-state index is 14.2. The fourth-order valence-electron chi connectivity index (χ4n) is 3.89. The van der Waals surface area contributed by atoms with Crippen LogP contribution in [0.5, 0.6) is 0 Å². The molecule has 1 aliphatic rings. The van der Waals surface area contributed by atoms with Gasteiger partial charge in [0.05, 0.1) is 17.1 Å². The first kappa shape index (κ1) is 19.6. The van der Waals surface area contributed by atoms with E-state index in [1.54, 1.807) is 25.1 Å². The standard InChI is InChI=1S/C24H21FN4OS/c1-15-22(31-24(26-15)16-8-2-4-10-18(16)25)23(30)28-19-11-5-3-9-17(19)20-14-29-13-7-6-12-21(29)27-20/h2-5,8-11,14H,6-7,12-13H2,1H3,(H,28,30). The molecule has 0 radical (unpaired) electrons. The average molecular weight is 433 g/mol. The summed E-state index contributed by atoms with van der Waals surface area (Å²) < 4.78 is 16.4. The highest BCUT2D eigenvalue weighted by molar-refractivity contribution is 7.17. The van der Waals surface area contributed by atoms with Crippen molar-refractivity contribution in [3.8, 4) is 21.8 Å². The minimum atomic E-state index is -0.350. The molecule has 0 saturated heterocycles. The maximum absolute atomic E-state index is 14.2. The number of carbonyl (C=O) groups is 1. The van der Waals surface area contributed by atoms with Crippen molar-refractivity contribution in [2.45, 2.75) is 32.7 Å². The number of para-hydroxylation sites is 1. The molecular weight excluding hydrogens is 411 g/mol. The van der Waals surface area contributed by atoms with Gasteiger partial charge in [-0.3, -0.25) is 4.79 Å². The molecule has 31 heavy (non-hydrogen) atoms. The van der Waals surface area contributed by atoms with Crippen molar-refractivity contribution in [3.05, 3.63) is 76.9 Å². The van der Waals surface area contributed by atoms with E-state index in [1.165, 1.54) is 17.4 Å². The molecule has 5 nitrogen and oxygen atoms in total. The van der Waals surface area contributed by atoms with E-state index in [4.69, 9.17) is 4.98 Å². The first-order valence-corrected chi connectivity index (χ1v) is 11.1. The lowest BCUT2D eigenvalue weighted by Gasteiger charge is -2.11. The van der Waals surface area contributed by atoms with Crippen LogP contribution >= 0.6 is 11.3 Å². The molecule has 1 aliphatic heterocycles. The van der Waals surface area contributed by atoms with Gasteiger partial charge in [-0.05, 0) is 38.0 Å². The molecule has 0 atom stereocenters. The highest BCUT2D eigenvalue weighted by Crippen LogP contribution is 2.32. The summed E-state index contributed by atoms with van der Waals surface area (Å²) in [6.07, 6.45) is 5.36. The second-order valence-electron chi connectivity index (χ2n) is 7.61. The van der Waals surface area contributed by atoms with Crippen LogP contribution in [0.25, 0.3) is 21.8 Å². The van der Waals surface area contributed by atoms with Crippen molar-refractivity contribution in [2.75, 3.05) is 5.32 Å². The first-order chi connectivity index (χ1) is 15.1. The number of rotatable bonds is 4. The molecule has 0 aliphatic carbocycles. The molecule has 2 aromatic carbocycles. The number of hydrogen-bond acceptors (Lipinski definition) is 4. The molecule has 2 aromatic heterocycles. The number of nitrogens with zero attached hydrogens (tertiary/aromatic N) is 3. The lowest BCUT2D eigenvalue weighted by molar-refractivity contribution is 0.103. The van der Waals surface area contributed by atoms with Crippen molar-refractivity contribution >= 4 is 22.9 Å². The number of benzene rings is 2. The van der Waals surface area contributed by atoms with Gasteiger partial charge in [-0.15, -0.1) is 11.3 Å². The monoisotopic (exact) mass is 432 g/mol. The summed E-state index contributed by atoms with van der Waals surface area (Å²) in [6, 6.07) is 14.1. The van der Waals surface area contributed by atoms with Crippen molar-refractivity contribution in [1.82, 2.24) is 14.5 Å². The largest absolute Gasteiger partial charge is 0.334 e. The molecule has 156 valence electrons. The van der Waals surface area contributed by atoms with Gasteiger partial charge in [0.25, 0.3) is 5.91 Å². The van der Waals surface area contributed by atoms with E-state index in [9.17, 15) is 9.18 Å². The molecule has 1 amide bonds. The molecule has 7 heteroatoms. The van der Waals surface area contributed by atoms with Crippen LogP contribution in [0.1, 0.15) is 34.0 Å². The van der Waals surface area contributed by atoms with Gasteiger partial charge in [0.15, 0.2) is 0 Å². The first-order valence-electron chi connectivity index (χ1n) is 10.3. The van der Waals surface area contributed by atoms with E-state index in [0.717, 1.165) is 42.9 Å². The van der Waals surface area contributed by atoms with Crippen LogP contribution in [-0.2, 0) is 13.0 Å². The summed E-state index contributed by atoms with van der Waals surface area (Å²) in [5.41, 5.74) is 3.42. The molecule has 1 N–H and O–H groups in total. The molecule has 0 unspecified atom stereocenters. The van der Waals surface area contributed by atoms with Crippen molar-refractivity contribution in [2.24, 2.45) is 0 Å². The number of carbonyl (C=O) groups excluding carboxylic acids is 1. The number of nitrogens with one attached hydrogen (secondary N) is 1. The zero-order valence-corrected chi connectivity index (χ0v) is 17.9. The summed E-state index contributed by atoms with van der Waals surface area (Å²) in [7, 11) is 0. The van der Waals surface area contributed by atoms with Crippen molar-refractivity contribution < 1.29 is 9.18 Å². The maximum Gasteiger partial charge on any atom is 0.267 e. The predicted molar refractivity (Wildman–Crippen MR) is 121 cm³/mol.